The van der Waals surface area contributed by atoms with Gasteiger partial charge in [-0.15, -0.1) is 0 Å². The van der Waals surface area contributed by atoms with Gasteiger partial charge in [-0.2, -0.15) is 0 Å². The van der Waals surface area contributed by atoms with E-state index in [-0.39, 0.29) is 12.1 Å². The number of pyridine rings is 2. The van der Waals surface area contributed by atoms with E-state index in [0.717, 1.165) is 24.9 Å². The molecule has 3 heterocycles. The van der Waals surface area contributed by atoms with Crippen molar-refractivity contribution in [3.05, 3.63) is 77.7 Å². The molecule has 2 aromatic heterocycles. The van der Waals surface area contributed by atoms with Gasteiger partial charge in [-0.3, -0.25) is 4.98 Å². The number of nitrogens with zero attached hydrogens (tertiary/aromatic N) is 3. The number of halogens is 1. The molecule has 28 heavy (non-hydrogen) atoms. The van der Waals surface area contributed by atoms with Crippen LogP contribution >= 0.6 is 11.6 Å². The summed E-state index contributed by atoms with van der Waals surface area (Å²) in [5.74, 6) is 1.09. The molecular weight excluding hydrogens is 376 g/mol. The van der Waals surface area contributed by atoms with Crippen LogP contribution in [-0.4, -0.2) is 27.4 Å². The third-order valence-electron chi connectivity index (χ3n) is 4.63. The molecule has 0 spiro atoms. The summed E-state index contributed by atoms with van der Waals surface area (Å²) in [4.78, 5) is 22.9. The summed E-state index contributed by atoms with van der Waals surface area (Å²) in [5.41, 5.74) is 1.72. The molecule has 0 unspecified atom stereocenters. The molecule has 142 valence electrons. The summed E-state index contributed by atoms with van der Waals surface area (Å²) in [6.07, 6.45) is 7.02. The van der Waals surface area contributed by atoms with E-state index < -0.39 is 0 Å². The second kappa shape index (κ2) is 8.27. The molecule has 3 aromatic rings. The Labute approximate surface area is 168 Å². The minimum Gasteiger partial charge on any atom is -0.439 e. The zero-order valence-electron chi connectivity index (χ0n) is 15.1. The lowest BCUT2D eigenvalue weighted by atomic mass is 10.1. The fourth-order valence-electron chi connectivity index (χ4n) is 3.28. The van der Waals surface area contributed by atoms with Crippen LogP contribution in [0.3, 0.4) is 0 Å². The number of hydrogen-bond acceptors (Lipinski definition) is 4. The molecule has 1 aliphatic rings. The molecule has 1 saturated heterocycles. The van der Waals surface area contributed by atoms with Gasteiger partial charge < -0.3 is 15.0 Å². The van der Waals surface area contributed by atoms with Crippen molar-refractivity contribution in [2.24, 2.45) is 0 Å². The highest BCUT2D eigenvalue weighted by Gasteiger charge is 2.29. The van der Waals surface area contributed by atoms with E-state index in [1.165, 1.54) is 0 Å². The van der Waals surface area contributed by atoms with Crippen molar-refractivity contribution in [2.75, 3.05) is 11.9 Å². The number of nitrogens with one attached hydrogen (secondary N) is 1. The molecule has 0 bridgehead atoms. The normalized spacial score (nSPS) is 16.0. The Morgan fingerprint density at radius 1 is 1.11 bits per heavy atom. The largest absolute Gasteiger partial charge is 0.439 e. The van der Waals surface area contributed by atoms with E-state index in [2.05, 4.69) is 15.3 Å². The van der Waals surface area contributed by atoms with E-state index in [0.29, 0.717) is 22.3 Å². The van der Waals surface area contributed by atoms with Gasteiger partial charge in [0.15, 0.2) is 0 Å². The molecule has 1 N–H and O–H groups in total. The van der Waals surface area contributed by atoms with Gasteiger partial charge in [-0.05, 0) is 60.9 Å². The van der Waals surface area contributed by atoms with E-state index in [4.69, 9.17) is 16.3 Å². The first-order valence-electron chi connectivity index (χ1n) is 9.06. The van der Waals surface area contributed by atoms with Crippen LogP contribution in [0, 0.1) is 0 Å². The second-order valence-electron chi connectivity index (χ2n) is 6.50. The number of carbonyl (C=O) groups is 1. The van der Waals surface area contributed by atoms with E-state index in [1.54, 1.807) is 55.0 Å². The minimum atomic E-state index is -0.132. The van der Waals surface area contributed by atoms with Crippen molar-refractivity contribution in [1.82, 2.24) is 14.9 Å². The molecule has 1 aliphatic heterocycles. The maximum atomic E-state index is 12.7. The van der Waals surface area contributed by atoms with Gasteiger partial charge in [0.05, 0.1) is 17.9 Å². The van der Waals surface area contributed by atoms with Gasteiger partial charge >= 0.3 is 6.03 Å². The van der Waals surface area contributed by atoms with Gasteiger partial charge in [0.2, 0.25) is 5.88 Å². The predicted octanol–water partition coefficient (Wildman–Crippen LogP) is 5.29. The number of anilines is 1. The topological polar surface area (TPSA) is 67.3 Å². The molecule has 0 aliphatic carbocycles. The molecule has 6 nitrogen and oxygen atoms in total. The number of carbonyl (C=O) groups excluding carboxylic acids is 1. The van der Waals surface area contributed by atoms with Gasteiger partial charge in [-0.25, -0.2) is 9.78 Å². The van der Waals surface area contributed by atoms with Crippen LogP contribution in [0.1, 0.15) is 24.4 Å². The van der Waals surface area contributed by atoms with Gasteiger partial charge in [0.25, 0.3) is 0 Å². The van der Waals surface area contributed by atoms with Crippen LogP contribution in [0.5, 0.6) is 11.6 Å². The van der Waals surface area contributed by atoms with Crippen LogP contribution in [-0.2, 0) is 0 Å². The van der Waals surface area contributed by atoms with Crippen LogP contribution in [0.4, 0.5) is 10.5 Å². The maximum absolute atomic E-state index is 12.7. The third-order valence-corrected chi connectivity index (χ3v) is 4.88. The number of aromatic nitrogens is 2. The summed E-state index contributed by atoms with van der Waals surface area (Å²) in [6.45, 7) is 0.726. The summed E-state index contributed by atoms with van der Waals surface area (Å²) in [5, 5.41) is 3.56. The number of amides is 2. The van der Waals surface area contributed by atoms with Crippen LogP contribution < -0.4 is 10.1 Å². The number of ether oxygens (including phenoxy) is 1. The molecule has 7 heteroatoms. The Morgan fingerprint density at radius 2 is 1.89 bits per heavy atom. The molecule has 4 rings (SSSR count). The third kappa shape index (κ3) is 4.23. The highest BCUT2D eigenvalue weighted by atomic mass is 35.5. The summed E-state index contributed by atoms with van der Waals surface area (Å²) >= 11 is 5.87. The lowest BCUT2D eigenvalue weighted by Crippen LogP contribution is -2.34. The smallest absolute Gasteiger partial charge is 0.322 e. The predicted molar refractivity (Wildman–Crippen MR) is 108 cm³/mol. The van der Waals surface area contributed by atoms with Crippen LogP contribution in [0.15, 0.2) is 67.1 Å². The fourth-order valence-corrected chi connectivity index (χ4v) is 3.40. The maximum Gasteiger partial charge on any atom is 0.322 e. The average Bonchev–Trinajstić information content (AvgIpc) is 3.22. The molecule has 1 fully saturated rings. The summed E-state index contributed by atoms with van der Waals surface area (Å²) < 4.78 is 5.67. The van der Waals surface area contributed by atoms with Crippen molar-refractivity contribution >= 4 is 23.3 Å². The first-order chi connectivity index (χ1) is 13.7. The summed E-state index contributed by atoms with van der Waals surface area (Å²) in [6, 6.07) is 14.4. The highest BCUT2D eigenvalue weighted by molar-refractivity contribution is 6.30. The Hall–Kier alpha value is -3.12. The highest BCUT2D eigenvalue weighted by Crippen LogP contribution is 2.32. The van der Waals surface area contributed by atoms with Gasteiger partial charge in [0.1, 0.15) is 5.75 Å². The molecular formula is C21H19ClN4O2. The Morgan fingerprint density at radius 3 is 2.61 bits per heavy atom. The Balaban J connectivity index is 1.39. The molecule has 1 aromatic carbocycles. The van der Waals surface area contributed by atoms with Gasteiger partial charge in [-0.1, -0.05) is 11.6 Å². The van der Waals surface area contributed by atoms with E-state index >= 15 is 0 Å². The molecule has 0 radical (unpaired) electrons. The Kier molecular flexibility index (Phi) is 5.39. The monoisotopic (exact) mass is 394 g/mol. The number of hydrogen-bond donors (Lipinski definition) is 1. The minimum absolute atomic E-state index is 0.0727. The number of benzene rings is 1. The van der Waals surface area contributed by atoms with Crippen LogP contribution in [0.2, 0.25) is 5.02 Å². The van der Waals surface area contributed by atoms with Crippen molar-refractivity contribution in [3.8, 4) is 11.6 Å². The average molecular weight is 395 g/mol. The first kappa shape index (κ1) is 18.3. The van der Waals surface area contributed by atoms with E-state index in [9.17, 15) is 4.79 Å². The number of urea groups is 1. The lowest BCUT2D eigenvalue weighted by Gasteiger charge is -2.25. The molecule has 2 amide bonds. The number of likely N-dealkylation sites (tertiary alicyclic amines) is 1. The summed E-state index contributed by atoms with van der Waals surface area (Å²) in [7, 11) is 0. The van der Waals surface area contributed by atoms with Crippen LogP contribution in [0.25, 0.3) is 0 Å². The Bertz CT molecular complexity index is 933. The number of rotatable bonds is 4. The van der Waals surface area contributed by atoms with Crippen molar-refractivity contribution < 1.29 is 9.53 Å². The molecule has 1 atom stereocenters. The van der Waals surface area contributed by atoms with Gasteiger partial charge in [0, 0.05) is 30.0 Å². The SMILES string of the molecule is O=C(Nc1ccc(Oc2ccc(Cl)cc2)nc1)N1CCC[C@@H]1c1ccncc1. The zero-order valence-corrected chi connectivity index (χ0v) is 15.8. The lowest BCUT2D eigenvalue weighted by molar-refractivity contribution is 0.207. The first-order valence-corrected chi connectivity index (χ1v) is 9.44. The van der Waals surface area contributed by atoms with E-state index in [1.807, 2.05) is 17.0 Å². The zero-order chi connectivity index (χ0) is 19.3. The van der Waals surface area contributed by atoms with Crippen molar-refractivity contribution in [2.45, 2.75) is 18.9 Å². The second-order valence-corrected chi connectivity index (χ2v) is 6.94. The fraction of sp³-hybridized carbons (Fsp3) is 0.190. The van der Waals surface area contributed by atoms with Crippen molar-refractivity contribution in [3.63, 3.8) is 0 Å². The quantitative estimate of drug-likeness (QED) is 0.652. The molecule has 0 saturated carbocycles. The van der Waals surface area contributed by atoms with Crippen molar-refractivity contribution in [1.29, 1.82) is 0 Å². The standard InChI is InChI=1S/C21H19ClN4O2/c22-16-3-6-18(7-4-16)28-20-8-5-17(14-24-20)25-21(27)26-13-1-2-19(26)15-9-11-23-12-10-15/h3-12,14,19H,1-2,13H2,(H,25,27)/t19-/m1/s1.